The maximum atomic E-state index is 11.4. The Kier molecular flexibility index (Phi) is 6.55. The molecule has 0 amide bonds. The van der Waals surface area contributed by atoms with Gasteiger partial charge in [0.25, 0.3) is 0 Å². The molecule has 5 nitrogen and oxygen atoms in total. The van der Waals surface area contributed by atoms with Gasteiger partial charge >= 0.3 is 5.97 Å². The number of nitrogens with zero attached hydrogens (tertiary/aromatic N) is 2. The van der Waals surface area contributed by atoms with E-state index in [0.29, 0.717) is 19.6 Å². The zero-order chi connectivity index (χ0) is 14.8. The van der Waals surface area contributed by atoms with Crippen LogP contribution in [0.15, 0.2) is 41.0 Å². The Labute approximate surface area is 118 Å². The van der Waals surface area contributed by atoms with E-state index >= 15 is 0 Å². The van der Waals surface area contributed by atoms with E-state index in [1.165, 1.54) is 12.4 Å². The van der Waals surface area contributed by atoms with Crippen molar-refractivity contribution in [2.75, 3.05) is 6.61 Å². The van der Waals surface area contributed by atoms with Gasteiger partial charge in [0.2, 0.25) is 0 Å². The summed E-state index contributed by atoms with van der Waals surface area (Å²) >= 11 is 0. The number of nitriles is 1. The van der Waals surface area contributed by atoms with Gasteiger partial charge in [0, 0.05) is 12.4 Å². The van der Waals surface area contributed by atoms with Crippen LogP contribution < -0.4 is 5.73 Å². The summed E-state index contributed by atoms with van der Waals surface area (Å²) in [6.45, 7) is 2.46. The molecule has 0 saturated carbocycles. The van der Waals surface area contributed by atoms with E-state index in [9.17, 15) is 4.79 Å². The van der Waals surface area contributed by atoms with E-state index < -0.39 is 5.97 Å². The lowest BCUT2D eigenvalue weighted by Crippen LogP contribution is -2.10. The summed E-state index contributed by atoms with van der Waals surface area (Å²) in [7, 11) is 0. The van der Waals surface area contributed by atoms with Gasteiger partial charge in [-0.05, 0) is 18.1 Å². The highest BCUT2D eigenvalue weighted by atomic mass is 16.5. The molecule has 0 aromatic heterocycles. The number of rotatable bonds is 6. The monoisotopic (exact) mass is 271 g/mol. The van der Waals surface area contributed by atoms with Gasteiger partial charge in [-0.2, -0.15) is 5.26 Å². The number of esters is 1. The number of hydrogen-bond acceptors (Lipinski definition) is 5. The van der Waals surface area contributed by atoms with Crippen LogP contribution in [-0.2, 0) is 22.5 Å². The van der Waals surface area contributed by atoms with E-state index in [4.69, 9.17) is 15.7 Å². The number of carbonyl (C=O) groups is 1. The lowest BCUT2D eigenvalue weighted by molar-refractivity contribution is -0.137. The number of aliphatic imine (C=N–C) groups is 1. The lowest BCUT2D eigenvalue weighted by Gasteiger charge is -2.01. The van der Waals surface area contributed by atoms with Gasteiger partial charge in [-0.15, -0.1) is 0 Å². The molecule has 1 aromatic rings. The second-order valence-electron chi connectivity index (χ2n) is 3.96. The number of ether oxygens (including phenoxy) is 1. The normalized spacial score (nSPS) is 11.3. The molecule has 0 aliphatic rings. The van der Waals surface area contributed by atoms with Crippen LogP contribution in [0.5, 0.6) is 0 Å². The maximum absolute atomic E-state index is 11.4. The summed E-state index contributed by atoms with van der Waals surface area (Å²) in [4.78, 5) is 15.6. The highest BCUT2D eigenvalue weighted by molar-refractivity contribution is 6.09. The number of carbonyl (C=O) groups excluding carboxylic acids is 1. The van der Waals surface area contributed by atoms with Gasteiger partial charge in [0.05, 0.1) is 31.2 Å². The third-order valence-electron chi connectivity index (χ3n) is 2.50. The molecular formula is C15H17N3O2. The predicted molar refractivity (Wildman–Crippen MR) is 76.9 cm³/mol. The van der Waals surface area contributed by atoms with Crippen LogP contribution in [0.4, 0.5) is 0 Å². The quantitative estimate of drug-likeness (QED) is 0.485. The number of hydrogen-bond donors (Lipinski definition) is 1. The fraction of sp³-hybridized carbons (Fsp3) is 0.267. The third kappa shape index (κ3) is 4.94. The minimum atomic E-state index is -0.483. The van der Waals surface area contributed by atoms with Gasteiger partial charge in [-0.25, -0.2) is 4.79 Å². The van der Waals surface area contributed by atoms with E-state index in [0.717, 1.165) is 11.1 Å². The van der Waals surface area contributed by atoms with Crippen molar-refractivity contribution in [3.05, 3.63) is 47.2 Å². The summed E-state index contributed by atoms with van der Waals surface area (Å²) in [5.74, 6) is -0.483. The van der Waals surface area contributed by atoms with E-state index in [-0.39, 0.29) is 5.57 Å². The standard InChI is InChI=1S/C15H17N3O2/c1-2-20-15(19)14(9-17)11-18-10-13-5-3-12(4-6-13)7-8-16/h3-6,9,11H,2,7,10,17H2,1H3/b14-9+,18-11?. The van der Waals surface area contributed by atoms with Gasteiger partial charge in [-0.1, -0.05) is 24.3 Å². The molecule has 0 radical (unpaired) electrons. The second-order valence-corrected chi connectivity index (χ2v) is 3.96. The molecule has 0 aliphatic heterocycles. The predicted octanol–water partition coefficient (Wildman–Crippen LogP) is 1.73. The van der Waals surface area contributed by atoms with Gasteiger partial charge in [0.1, 0.15) is 0 Å². The lowest BCUT2D eigenvalue weighted by atomic mass is 10.1. The number of benzene rings is 1. The maximum Gasteiger partial charge on any atom is 0.341 e. The van der Waals surface area contributed by atoms with Crippen molar-refractivity contribution in [3.8, 4) is 6.07 Å². The Morgan fingerprint density at radius 1 is 1.40 bits per heavy atom. The van der Waals surface area contributed by atoms with Crippen molar-refractivity contribution < 1.29 is 9.53 Å². The minimum Gasteiger partial charge on any atom is -0.462 e. The number of nitrogens with two attached hydrogens (primary N) is 1. The molecule has 0 unspecified atom stereocenters. The highest BCUT2D eigenvalue weighted by Crippen LogP contribution is 2.06. The van der Waals surface area contributed by atoms with Crippen LogP contribution in [0.2, 0.25) is 0 Å². The average Bonchev–Trinajstić information content (AvgIpc) is 2.46. The highest BCUT2D eigenvalue weighted by Gasteiger charge is 2.06. The fourth-order valence-electron chi connectivity index (χ4n) is 1.48. The van der Waals surface area contributed by atoms with E-state index in [2.05, 4.69) is 11.1 Å². The molecule has 2 N–H and O–H groups in total. The Hall–Kier alpha value is -2.61. The van der Waals surface area contributed by atoms with Gasteiger partial charge in [-0.3, -0.25) is 4.99 Å². The first kappa shape index (κ1) is 15.4. The Bertz CT molecular complexity index is 539. The van der Waals surface area contributed by atoms with E-state index in [1.807, 2.05) is 24.3 Å². The molecule has 20 heavy (non-hydrogen) atoms. The topological polar surface area (TPSA) is 88.5 Å². The largest absolute Gasteiger partial charge is 0.462 e. The van der Waals surface area contributed by atoms with Crippen molar-refractivity contribution in [1.29, 1.82) is 5.26 Å². The molecule has 0 atom stereocenters. The fourth-order valence-corrected chi connectivity index (χ4v) is 1.48. The first-order chi connectivity index (χ1) is 9.71. The van der Waals surface area contributed by atoms with E-state index in [1.54, 1.807) is 6.92 Å². The summed E-state index contributed by atoms with van der Waals surface area (Å²) in [5.41, 5.74) is 7.54. The Balaban J connectivity index is 2.59. The zero-order valence-corrected chi connectivity index (χ0v) is 11.4. The smallest absolute Gasteiger partial charge is 0.341 e. The van der Waals surface area contributed by atoms with Crippen molar-refractivity contribution in [1.82, 2.24) is 0 Å². The molecule has 1 rings (SSSR count). The molecule has 1 aromatic carbocycles. The summed E-state index contributed by atoms with van der Waals surface area (Å²) in [6, 6.07) is 9.67. The Morgan fingerprint density at radius 2 is 2.05 bits per heavy atom. The minimum absolute atomic E-state index is 0.230. The van der Waals surface area contributed by atoms with Crippen LogP contribution in [-0.4, -0.2) is 18.8 Å². The van der Waals surface area contributed by atoms with Crippen molar-refractivity contribution in [3.63, 3.8) is 0 Å². The first-order valence-corrected chi connectivity index (χ1v) is 6.24. The van der Waals surface area contributed by atoms with Crippen molar-refractivity contribution in [2.24, 2.45) is 10.7 Å². The van der Waals surface area contributed by atoms with Crippen LogP contribution in [0.25, 0.3) is 0 Å². The summed E-state index contributed by atoms with van der Waals surface area (Å²) < 4.78 is 4.83. The van der Waals surface area contributed by atoms with Crippen LogP contribution in [0.1, 0.15) is 18.1 Å². The van der Waals surface area contributed by atoms with Crippen molar-refractivity contribution >= 4 is 12.2 Å². The van der Waals surface area contributed by atoms with Gasteiger partial charge < -0.3 is 10.5 Å². The molecular weight excluding hydrogens is 254 g/mol. The molecule has 0 bridgehead atoms. The molecule has 5 heteroatoms. The second kappa shape index (κ2) is 8.48. The molecule has 0 fully saturated rings. The first-order valence-electron chi connectivity index (χ1n) is 6.24. The molecule has 104 valence electrons. The Morgan fingerprint density at radius 3 is 2.60 bits per heavy atom. The van der Waals surface area contributed by atoms with Crippen LogP contribution in [0, 0.1) is 11.3 Å². The molecule has 0 aliphatic carbocycles. The SMILES string of the molecule is CCOC(=O)/C(C=NCc1ccc(CC#N)cc1)=C/N. The molecule has 0 spiro atoms. The summed E-state index contributed by atoms with van der Waals surface area (Å²) in [6.07, 6.45) is 2.98. The van der Waals surface area contributed by atoms with Gasteiger partial charge in [0.15, 0.2) is 0 Å². The third-order valence-corrected chi connectivity index (χ3v) is 2.50. The van der Waals surface area contributed by atoms with Crippen LogP contribution in [0.3, 0.4) is 0 Å². The zero-order valence-electron chi connectivity index (χ0n) is 11.4. The van der Waals surface area contributed by atoms with Crippen LogP contribution >= 0.6 is 0 Å². The average molecular weight is 271 g/mol. The van der Waals surface area contributed by atoms with Crippen molar-refractivity contribution in [2.45, 2.75) is 19.9 Å². The summed E-state index contributed by atoms with van der Waals surface area (Å²) in [5, 5.41) is 8.58. The molecule has 0 saturated heterocycles. The molecule has 0 heterocycles.